The van der Waals surface area contributed by atoms with Gasteiger partial charge in [-0.2, -0.15) is 0 Å². The van der Waals surface area contributed by atoms with Crippen LogP contribution < -0.4 is 31.1 Å². The summed E-state index contributed by atoms with van der Waals surface area (Å²) in [7, 11) is 0. The van der Waals surface area contributed by atoms with Gasteiger partial charge in [-0.3, -0.25) is 0 Å². The van der Waals surface area contributed by atoms with Gasteiger partial charge in [0.1, 0.15) is 0 Å². The molecular weight excluding hydrogens is 978 g/mol. The van der Waals surface area contributed by atoms with Crippen LogP contribution in [0.1, 0.15) is 225 Å². The molecule has 0 N–H and O–H groups in total. The van der Waals surface area contributed by atoms with Crippen molar-refractivity contribution in [3.05, 3.63) is 166 Å². The van der Waals surface area contributed by atoms with Crippen LogP contribution >= 0.6 is 0 Å². The van der Waals surface area contributed by atoms with E-state index in [0.29, 0.717) is 11.6 Å². The van der Waals surface area contributed by atoms with E-state index in [1.54, 1.807) is 0 Å². The van der Waals surface area contributed by atoms with Crippen molar-refractivity contribution in [2.24, 2.45) is 0 Å². The molecule has 4 aliphatic heterocycles. The largest absolute Gasteiger partial charge is 0.335 e. The Morgan fingerprint density at radius 2 is 1.00 bits per heavy atom. The molecule has 3 aliphatic carbocycles. The molecule has 416 valence electrons. The van der Waals surface area contributed by atoms with E-state index < -0.39 is 16.4 Å². The Labute approximate surface area is 492 Å². The highest BCUT2D eigenvalue weighted by Gasteiger charge is 2.63. The summed E-state index contributed by atoms with van der Waals surface area (Å²) in [4.78, 5) is 8.15. The van der Waals surface area contributed by atoms with Gasteiger partial charge in [-0.1, -0.05) is 221 Å². The zero-order valence-electron chi connectivity index (χ0n) is 55.4. The van der Waals surface area contributed by atoms with Gasteiger partial charge < -0.3 is 14.7 Å². The predicted octanol–water partition coefficient (Wildman–Crippen LogP) is 18.9. The van der Waals surface area contributed by atoms with Crippen molar-refractivity contribution in [2.45, 2.75) is 225 Å². The van der Waals surface area contributed by atoms with Gasteiger partial charge in [0.15, 0.2) is 0 Å². The van der Waals surface area contributed by atoms with E-state index in [2.05, 4.69) is 242 Å². The molecule has 0 aromatic heterocycles. The molecule has 0 amide bonds. The highest BCUT2D eigenvalue weighted by Crippen LogP contribution is 2.66. The maximum Gasteiger partial charge on any atom is 0.252 e. The molecule has 4 heteroatoms. The summed E-state index contributed by atoms with van der Waals surface area (Å²) >= 11 is 0. The number of nitrogens with zero attached hydrogens (tertiary/aromatic N) is 3. The molecule has 0 bridgehead atoms. The Hall–Kier alpha value is -6.00. The molecule has 0 saturated heterocycles. The molecule has 2 saturated carbocycles. The van der Waals surface area contributed by atoms with Crippen LogP contribution in [0.2, 0.25) is 0 Å². The summed E-state index contributed by atoms with van der Waals surface area (Å²) in [6.07, 6.45) is 8.55. The summed E-state index contributed by atoms with van der Waals surface area (Å²) < 4.78 is 30.7. The second-order valence-corrected chi connectivity index (χ2v) is 31.8. The van der Waals surface area contributed by atoms with Crippen molar-refractivity contribution in [1.29, 1.82) is 0 Å². The fourth-order valence-electron chi connectivity index (χ4n) is 17.1. The summed E-state index contributed by atoms with van der Waals surface area (Å²) in [5.41, 5.74) is 24.9. The standard InChI is InChI=1S/C77H90BN3/c1-69(2,3)48-28-31-56-54(39-48)55-45-60-64(46-57(55)73(56,13)14)79(62-32-29-49(70(4,5)6)38-53(62)47-26-20-19-21-27-47)65-43-52(80-63-33-30-50(71(7,8)9)40-58(63)74(15)34-22-24-36-76(74,80)17)44-66-67(65)78(60)61-42-51(72(10,11)12)41-59-68(61)81(66)77(18)37-25-23-35-75(59,77)16/h19-21,26-33,38-46H,22-25,34-37H2,1-18H3/i30D,33D,40D. The zero-order valence-corrected chi connectivity index (χ0v) is 52.4. The molecule has 4 heterocycles. The quantitative estimate of drug-likeness (QED) is 0.163. The molecule has 4 unspecified atom stereocenters. The van der Waals surface area contributed by atoms with Crippen LogP contribution in [0, 0.1) is 0 Å². The summed E-state index contributed by atoms with van der Waals surface area (Å²) in [5, 5.41) is 0. The second kappa shape index (κ2) is 16.6. The predicted molar refractivity (Wildman–Crippen MR) is 349 cm³/mol. The van der Waals surface area contributed by atoms with Gasteiger partial charge in [-0.25, -0.2) is 0 Å². The number of fused-ring (bicyclic) bond motifs is 13. The first-order chi connectivity index (χ1) is 39.2. The lowest BCUT2D eigenvalue weighted by atomic mass is 9.33. The summed E-state index contributed by atoms with van der Waals surface area (Å²) in [5.74, 6) is 0. The van der Waals surface area contributed by atoms with Gasteiger partial charge in [-0.05, 0) is 175 Å². The number of benzene rings is 7. The molecule has 3 nitrogen and oxygen atoms in total. The van der Waals surface area contributed by atoms with E-state index in [0.717, 1.165) is 61.2 Å². The number of anilines is 7. The fraction of sp³-hybridized carbons (Fsp3) is 0.455. The van der Waals surface area contributed by atoms with Crippen molar-refractivity contribution < 1.29 is 4.11 Å². The fourth-order valence-corrected chi connectivity index (χ4v) is 17.1. The Balaban J connectivity index is 1.18. The normalized spacial score (nSPS) is 25.2. The summed E-state index contributed by atoms with van der Waals surface area (Å²) in [6.45, 7) is 42.5. The minimum Gasteiger partial charge on any atom is -0.335 e. The third-order valence-corrected chi connectivity index (χ3v) is 22.6. The third kappa shape index (κ3) is 7.07. The van der Waals surface area contributed by atoms with E-state index in [1.165, 1.54) is 108 Å². The molecule has 81 heavy (non-hydrogen) atoms. The number of hydrogen-bond donors (Lipinski definition) is 0. The van der Waals surface area contributed by atoms with Crippen LogP contribution in [0.3, 0.4) is 0 Å². The second-order valence-electron chi connectivity index (χ2n) is 31.8. The van der Waals surface area contributed by atoms with Crippen LogP contribution in [0.5, 0.6) is 0 Å². The smallest absolute Gasteiger partial charge is 0.252 e. The van der Waals surface area contributed by atoms with Crippen LogP contribution in [-0.4, -0.2) is 17.8 Å². The zero-order chi connectivity index (χ0) is 59.9. The Bertz CT molecular complexity index is 4010. The molecular formula is C77H90BN3. The Morgan fingerprint density at radius 3 is 1.64 bits per heavy atom. The van der Waals surface area contributed by atoms with E-state index in [1.807, 2.05) is 0 Å². The molecule has 4 atom stereocenters. The molecule has 0 radical (unpaired) electrons. The van der Waals surface area contributed by atoms with Crippen molar-refractivity contribution in [3.8, 4) is 22.3 Å². The SMILES string of the molecule is [2H]c1c([2H])c(C(C)(C)C)c([2H])c2c1N(c1cc3c4c(c1)N1c5c(cc(C(C)(C)C)cc5C5(C)CCCCC15C)B4c1cc4c(cc1N3c1ccc(C(C)(C)C)cc1-c1ccccc1)C(C)(C)c1ccc(C(C)(C)C)cc1-4)C1(C)CCCCC21C. The van der Waals surface area contributed by atoms with Crippen molar-refractivity contribution in [1.82, 2.24) is 0 Å². The highest BCUT2D eigenvalue weighted by molar-refractivity contribution is 7.00. The lowest BCUT2D eigenvalue weighted by Crippen LogP contribution is -2.64. The van der Waals surface area contributed by atoms with Crippen molar-refractivity contribution in [3.63, 3.8) is 0 Å². The number of hydrogen-bond acceptors (Lipinski definition) is 3. The first-order valence-corrected chi connectivity index (χ1v) is 31.1. The Morgan fingerprint density at radius 1 is 0.432 bits per heavy atom. The first-order valence-electron chi connectivity index (χ1n) is 32.6. The monoisotopic (exact) mass is 1070 g/mol. The molecule has 7 aromatic rings. The molecule has 7 aliphatic rings. The van der Waals surface area contributed by atoms with Gasteiger partial charge in [0.05, 0.1) is 20.9 Å². The maximum absolute atomic E-state index is 10.4. The molecule has 0 spiro atoms. The van der Waals surface area contributed by atoms with Gasteiger partial charge in [0.25, 0.3) is 6.71 Å². The van der Waals surface area contributed by atoms with Crippen molar-refractivity contribution in [2.75, 3.05) is 14.7 Å². The van der Waals surface area contributed by atoms with E-state index in [9.17, 15) is 4.11 Å². The van der Waals surface area contributed by atoms with Crippen molar-refractivity contribution >= 4 is 62.9 Å². The van der Waals surface area contributed by atoms with E-state index in [4.69, 9.17) is 0 Å². The lowest BCUT2D eigenvalue weighted by molar-refractivity contribution is 0.194. The van der Waals surface area contributed by atoms with Crippen LogP contribution in [0.4, 0.5) is 39.8 Å². The van der Waals surface area contributed by atoms with Crippen LogP contribution in [0.25, 0.3) is 22.3 Å². The number of rotatable bonds is 3. The van der Waals surface area contributed by atoms with Crippen LogP contribution in [0.15, 0.2) is 121 Å². The van der Waals surface area contributed by atoms with Crippen LogP contribution in [-0.2, 0) is 37.9 Å². The molecule has 14 rings (SSSR count). The van der Waals surface area contributed by atoms with Gasteiger partial charge in [0.2, 0.25) is 0 Å². The highest BCUT2D eigenvalue weighted by atomic mass is 15.3. The minimum absolute atomic E-state index is 0.0165. The summed E-state index contributed by atoms with van der Waals surface area (Å²) in [6, 6.07) is 42.4. The maximum atomic E-state index is 10.4. The minimum atomic E-state index is -0.487. The van der Waals surface area contributed by atoms with Gasteiger partial charge in [-0.15, -0.1) is 0 Å². The average molecular weight is 1070 g/mol. The Kier molecular flexibility index (Phi) is 10.2. The first kappa shape index (κ1) is 49.6. The lowest BCUT2D eigenvalue weighted by Gasteiger charge is -2.54. The topological polar surface area (TPSA) is 9.72 Å². The van der Waals surface area contributed by atoms with E-state index >= 15 is 0 Å². The van der Waals surface area contributed by atoms with Gasteiger partial charge >= 0.3 is 0 Å². The molecule has 2 fully saturated rings. The van der Waals surface area contributed by atoms with Gasteiger partial charge in [0, 0.05) is 55.9 Å². The third-order valence-electron chi connectivity index (χ3n) is 22.6. The molecule has 7 aromatic carbocycles. The average Bonchev–Trinajstić information content (AvgIpc) is 1.44. The van der Waals surface area contributed by atoms with E-state index in [-0.39, 0.29) is 51.4 Å².